The van der Waals surface area contributed by atoms with Crippen molar-refractivity contribution in [2.75, 3.05) is 7.05 Å². The highest BCUT2D eigenvalue weighted by Crippen LogP contribution is 2.30. The molecule has 1 aromatic rings. The zero-order chi connectivity index (χ0) is 10.8. The van der Waals surface area contributed by atoms with Crippen molar-refractivity contribution in [3.8, 4) is 0 Å². The topological polar surface area (TPSA) is 29.9 Å². The minimum Gasteiger partial charge on any atom is -0.331 e. The van der Waals surface area contributed by atoms with Crippen molar-refractivity contribution in [1.29, 1.82) is 0 Å². The third-order valence-electron chi connectivity index (χ3n) is 3.31. The second kappa shape index (κ2) is 4.35. The van der Waals surface area contributed by atoms with Gasteiger partial charge in [0.05, 0.1) is 5.69 Å². The second-order valence-electron chi connectivity index (χ2n) is 4.44. The molecule has 0 aliphatic carbocycles. The summed E-state index contributed by atoms with van der Waals surface area (Å²) >= 11 is 0. The van der Waals surface area contributed by atoms with Gasteiger partial charge >= 0.3 is 0 Å². The zero-order valence-corrected chi connectivity index (χ0v) is 10.0. The molecule has 0 saturated carbocycles. The molecule has 15 heavy (non-hydrogen) atoms. The van der Waals surface area contributed by atoms with Crippen molar-refractivity contribution in [3.05, 3.63) is 17.2 Å². The Labute approximate surface area is 91.9 Å². The highest BCUT2D eigenvalue weighted by atomic mass is 15.1. The van der Waals surface area contributed by atoms with Gasteiger partial charge in [-0.2, -0.15) is 0 Å². The zero-order valence-electron chi connectivity index (χ0n) is 10.0. The molecule has 2 heterocycles. The Kier molecular flexibility index (Phi) is 3.10. The Morgan fingerprint density at radius 1 is 1.53 bits per heavy atom. The summed E-state index contributed by atoms with van der Waals surface area (Å²) in [5.41, 5.74) is 2.74. The molecule has 1 aliphatic rings. The summed E-state index contributed by atoms with van der Waals surface area (Å²) in [6, 6.07) is 0. The lowest BCUT2D eigenvalue weighted by Gasteiger charge is -2.23. The minimum absolute atomic E-state index is 0.676. The first-order chi connectivity index (χ1) is 7.27. The van der Waals surface area contributed by atoms with E-state index in [1.807, 2.05) is 7.05 Å². The quantitative estimate of drug-likeness (QED) is 0.822. The molecule has 0 amide bonds. The van der Waals surface area contributed by atoms with E-state index in [1.54, 1.807) is 0 Å². The van der Waals surface area contributed by atoms with Gasteiger partial charge in [-0.1, -0.05) is 13.8 Å². The molecule has 1 aliphatic heterocycles. The van der Waals surface area contributed by atoms with E-state index in [2.05, 4.69) is 23.7 Å². The number of rotatable bonds is 3. The van der Waals surface area contributed by atoms with E-state index in [1.165, 1.54) is 36.6 Å². The lowest BCUT2D eigenvalue weighted by Crippen LogP contribution is -2.17. The van der Waals surface area contributed by atoms with Crippen molar-refractivity contribution in [2.24, 2.45) is 0 Å². The Balaban J connectivity index is 2.43. The van der Waals surface area contributed by atoms with Crippen LogP contribution in [-0.4, -0.2) is 16.6 Å². The highest BCUT2D eigenvalue weighted by Gasteiger charge is 2.23. The molecule has 1 unspecified atom stereocenters. The summed E-state index contributed by atoms with van der Waals surface area (Å²) in [7, 11) is 1.99. The summed E-state index contributed by atoms with van der Waals surface area (Å²) < 4.78 is 2.45. The molecule has 1 aromatic heterocycles. The van der Waals surface area contributed by atoms with E-state index in [4.69, 9.17) is 4.98 Å². The van der Waals surface area contributed by atoms with Crippen LogP contribution >= 0.6 is 0 Å². The third kappa shape index (κ3) is 1.81. The number of aromatic nitrogens is 2. The fraction of sp³-hybridized carbons (Fsp3) is 0.750. The molecule has 0 bridgehead atoms. The number of nitrogens with one attached hydrogen (secondary N) is 1. The van der Waals surface area contributed by atoms with Crippen molar-refractivity contribution >= 4 is 0 Å². The molecule has 1 N–H and O–H groups in total. The monoisotopic (exact) mass is 207 g/mol. The minimum atomic E-state index is 0.676. The van der Waals surface area contributed by atoms with Crippen molar-refractivity contribution in [1.82, 2.24) is 14.9 Å². The van der Waals surface area contributed by atoms with Gasteiger partial charge in [0.15, 0.2) is 0 Å². The number of fused-ring (bicyclic) bond motifs is 1. The predicted molar refractivity (Wildman–Crippen MR) is 62.0 cm³/mol. The van der Waals surface area contributed by atoms with Gasteiger partial charge in [-0.3, -0.25) is 0 Å². The number of hydrogen-bond donors (Lipinski definition) is 1. The lowest BCUT2D eigenvalue weighted by molar-refractivity contribution is 0.460. The van der Waals surface area contributed by atoms with Gasteiger partial charge in [-0.25, -0.2) is 4.98 Å². The van der Waals surface area contributed by atoms with Crippen LogP contribution < -0.4 is 5.32 Å². The number of imidazole rings is 1. The molecular formula is C12H21N3. The van der Waals surface area contributed by atoms with Crippen molar-refractivity contribution in [2.45, 2.75) is 52.1 Å². The Hall–Kier alpha value is -0.830. The number of aryl methyl sites for hydroxylation is 1. The molecule has 0 spiro atoms. The third-order valence-corrected chi connectivity index (χ3v) is 3.31. The summed E-state index contributed by atoms with van der Waals surface area (Å²) in [4.78, 5) is 4.75. The standard InChI is InChI=1S/C12H21N3/c1-4-11-14-10(8-13-3)12-9(2)6-5-7-15(11)12/h9,13H,4-8H2,1-3H3. The van der Waals surface area contributed by atoms with Gasteiger partial charge in [0.2, 0.25) is 0 Å². The lowest BCUT2D eigenvalue weighted by atomic mass is 9.96. The van der Waals surface area contributed by atoms with Crippen LogP contribution in [0.2, 0.25) is 0 Å². The maximum absolute atomic E-state index is 4.75. The molecule has 84 valence electrons. The van der Waals surface area contributed by atoms with E-state index in [0.29, 0.717) is 5.92 Å². The van der Waals surface area contributed by atoms with Crippen molar-refractivity contribution in [3.63, 3.8) is 0 Å². The normalized spacial score (nSPS) is 20.3. The molecule has 0 radical (unpaired) electrons. The highest BCUT2D eigenvalue weighted by molar-refractivity contribution is 5.23. The molecule has 3 nitrogen and oxygen atoms in total. The molecular weight excluding hydrogens is 186 g/mol. The van der Waals surface area contributed by atoms with Gasteiger partial charge in [0, 0.05) is 25.2 Å². The maximum atomic E-state index is 4.75. The van der Waals surface area contributed by atoms with Crippen LogP contribution in [0, 0.1) is 0 Å². The van der Waals surface area contributed by atoms with Crippen molar-refractivity contribution < 1.29 is 0 Å². The SMILES string of the molecule is CCc1nc(CNC)c2n1CCCC2C. The van der Waals surface area contributed by atoms with E-state index in [0.717, 1.165) is 13.0 Å². The van der Waals surface area contributed by atoms with E-state index in [9.17, 15) is 0 Å². The van der Waals surface area contributed by atoms with Crippen LogP contribution in [0.4, 0.5) is 0 Å². The smallest absolute Gasteiger partial charge is 0.108 e. The van der Waals surface area contributed by atoms with Gasteiger partial charge in [-0.05, 0) is 25.8 Å². The van der Waals surface area contributed by atoms with E-state index >= 15 is 0 Å². The molecule has 0 aromatic carbocycles. The largest absolute Gasteiger partial charge is 0.331 e. The van der Waals surface area contributed by atoms with Gasteiger partial charge < -0.3 is 9.88 Å². The van der Waals surface area contributed by atoms with Crippen LogP contribution in [0.1, 0.15) is 49.8 Å². The summed E-state index contributed by atoms with van der Waals surface area (Å²) in [5.74, 6) is 1.94. The van der Waals surface area contributed by atoms with Gasteiger partial charge in [0.25, 0.3) is 0 Å². The average molecular weight is 207 g/mol. The summed E-state index contributed by atoms with van der Waals surface area (Å²) in [5, 5.41) is 3.22. The number of hydrogen-bond acceptors (Lipinski definition) is 2. The average Bonchev–Trinajstić information content (AvgIpc) is 2.59. The Bertz CT molecular complexity index is 341. The first kappa shape index (κ1) is 10.7. The maximum Gasteiger partial charge on any atom is 0.108 e. The van der Waals surface area contributed by atoms with Gasteiger partial charge in [-0.15, -0.1) is 0 Å². The Morgan fingerprint density at radius 2 is 2.33 bits per heavy atom. The van der Waals surface area contributed by atoms with E-state index < -0.39 is 0 Å². The molecule has 0 fully saturated rings. The fourth-order valence-corrected chi connectivity index (χ4v) is 2.63. The number of nitrogens with zero attached hydrogens (tertiary/aromatic N) is 2. The molecule has 2 rings (SSSR count). The van der Waals surface area contributed by atoms with E-state index in [-0.39, 0.29) is 0 Å². The van der Waals surface area contributed by atoms with Crippen LogP contribution in [0.25, 0.3) is 0 Å². The summed E-state index contributed by atoms with van der Waals surface area (Å²) in [6.07, 6.45) is 3.66. The molecule has 0 saturated heterocycles. The first-order valence-corrected chi connectivity index (χ1v) is 6.00. The van der Waals surface area contributed by atoms with Crippen LogP contribution in [-0.2, 0) is 19.5 Å². The van der Waals surface area contributed by atoms with Crippen LogP contribution in [0.15, 0.2) is 0 Å². The first-order valence-electron chi connectivity index (χ1n) is 6.00. The summed E-state index contributed by atoms with van der Waals surface area (Å²) in [6.45, 7) is 6.59. The fourth-order valence-electron chi connectivity index (χ4n) is 2.63. The van der Waals surface area contributed by atoms with Crippen LogP contribution in [0.5, 0.6) is 0 Å². The van der Waals surface area contributed by atoms with Gasteiger partial charge in [0.1, 0.15) is 5.82 Å². The second-order valence-corrected chi connectivity index (χ2v) is 4.44. The molecule has 1 atom stereocenters. The Morgan fingerprint density at radius 3 is 3.00 bits per heavy atom. The van der Waals surface area contributed by atoms with Crippen LogP contribution in [0.3, 0.4) is 0 Å². The predicted octanol–water partition coefficient (Wildman–Crippen LogP) is 2.06. The molecule has 3 heteroatoms.